The molecule has 1 aromatic carbocycles. The molecule has 0 atom stereocenters. The van der Waals surface area contributed by atoms with Gasteiger partial charge in [0.25, 0.3) is 5.91 Å². The highest BCUT2D eigenvalue weighted by molar-refractivity contribution is 7.91. The SMILES string of the molecule is CC(C)(O)c1ccc(C(=O)Nc2nc3ccc(N4CCS(=O)(=O)CC4)nc3s2)cc1. The van der Waals surface area contributed by atoms with Crippen molar-refractivity contribution in [1.82, 2.24) is 9.97 Å². The summed E-state index contributed by atoms with van der Waals surface area (Å²) < 4.78 is 23.2. The second-order valence-electron chi connectivity index (χ2n) is 7.74. The van der Waals surface area contributed by atoms with Crippen molar-refractivity contribution in [3.63, 3.8) is 0 Å². The summed E-state index contributed by atoms with van der Waals surface area (Å²) in [5.41, 5.74) is 0.886. The van der Waals surface area contributed by atoms with E-state index in [1.807, 2.05) is 17.0 Å². The first-order valence-corrected chi connectivity index (χ1v) is 12.1. The van der Waals surface area contributed by atoms with Crippen LogP contribution in [0.3, 0.4) is 0 Å². The van der Waals surface area contributed by atoms with Gasteiger partial charge in [-0.3, -0.25) is 10.1 Å². The van der Waals surface area contributed by atoms with Gasteiger partial charge < -0.3 is 10.0 Å². The maximum atomic E-state index is 12.5. The Hall–Kier alpha value is -2.56. The molecule has 0 bridgehead atoms. The lowest BCUT2D eigenvalue weighted by Crippen LogP contribution is -2.40. The van der Waals surface area contributed by atoms with Crippen LogP contribution < -0.4 is 10.2 Å². The molecule has 3 heterocycles. The predicted molar refractivity (Wildman–Crippen MR) is 118 cm³/mol. The summed E-state index contributed by atoms with van der Waals surface area (Å²) in [4.78, 5) is 24.2. The number of benzene rings is 1. The zero-order valence-corrected chi connectivity index (χ0v) is 18.3. The van der Waals surface area contributed by atoms with Crippen molar-refractivity contribution in [2.75, 3.05) is 34.8 Å². The Kier molecular flexibility index (Phi) is 5.25. The number of rotatable bonds is 4. The van der Waals surface area contributed by atoms with Gasteiger partial charge in [0.15, 0.2) is 15.0 Å². The fraction of sp³-hybridized carbons (Fsp3) is 0.350. The third-order valence-corrected chi connectivity index (χ3v) is 7.47. The lowest BCUT2D eigenvalue weighted by Gasteiger charge is -2.27. The number of aromatic nitrogens is 2. The maximum Gasteiger partial charge on any atom is 0.257 e. The highest BCUT2D eigenvalue weighted by Crippen LogP contribution is 2.28. The molecule has 0 spiro atoms. The van der Waals surface area contributed by atoms with E-state index in [0.717, 1.165) is 5.56 Å². The van der Waals surface area contributed by atoms with Gasteiger partial charge in [0.05, 0.1) is 17.1 Å². The predicted octanol–water partition coefficient (Wildman–Crippen LogP) is 2.41. The van der Waals surface area contributed by atoms with E-state index in [4.69, 9.17) is 0 Å². The monoisotopic (exact) mass is 446 g/mol. The molecule has 3 aromatic rings. The van der Waals surface area contributed by atoms with Crippen molar-refractivity contribution in [2.45, 2.75) is 19.4 Å². The van der Waals surface area contributed by atoms with Crippen molar-refractivity contribution in [3.05, 3.63) is 47.5 Å². The summed E-state index contributed by atoms with van der Waals surface area (Å²) in [6, 6.07) is 10.4. The summed E-state index contributed by atoms with van der Waals surface area (Å²) in [7, 11) is -2.95. The number of pyridine rings is 1. The van der Waals surface area contributed by atoms with Crippen molar-refractivity contribution >= 4 is 48.4 Å². The molecule has 1 amide bonds. The van der Waals surface area contributed by atoms with Gasteiger partial charge in [0, 0.05) is 18.7 Å². The maximum absolute atomic E-state index is 12.5. The number of thiazole rings is 1. The Morgan fingerprint density at radius 3 is 2.40 bits per heavy atom. The van der Waals surface area contributed by atoms with Crippen molar-refractivity contribution in [2.24, 2.45) is 0 Å². The number of anilines is 2. The highest BCUT2D eigenvalue weighted by atomic mass is 32.2. The third-order valence-electron chi connectivity index (χ3n) is 4.98. The smallest absolute Gasteiger partial charge is 0.257 e. The van der Waals surface area contributed by atoms with Crippen LogP contribution >= 0.6 is 11.3 Å². The zero-order chi connectivity index (χ0) is 21.5. The van der Waals surface area contributed by atoms with Crippen molar-refractivity contribution < 1.29 is 18.3 Å². The number of carbonyl (C=O) groups excluding carboxylic acids is 1. The number of nitrogens with one attached hydrogen (secondary N) is 1. The molecule has 158 valence electrons. The Morgan fingerprint density at radius 2 is 1.77 bits per heavy atom. The standard InChI is InChI=1S/C20H22N4O4S2/c1-20(2,26)14-5-3-13(4-6-14)17(25)23-19-21-15-7-8-16(22-18(15)29-19)24-9-11-30(27,28)12-10-24/h3-8,26H,9-12H2,1-2H3,(H,21,23,25). The van der Waals surface area contributed by atoms with Gasteiger partial charge in [0.1, 0.15) is 16.2 Å². The number of sulfone groups is 1. The molecule has 4 rings (SSSR count). The Morgan fingerprint density at radius 1 is 1.10 bits per heavy atom. The minimum Gasteiger partial charge on any atom is -0.386 e. The van der Waals surface area contributed by atoms with E-state index in [9.17, 15) is 18.3 Å². The van der Waals surface area contributed by atoms with Gasteiger partial charge in [-0.05, 0) is 43.7 Å². The number of hydrogen-bond acceptors (Lipinski definition) is 8. The van der Waals surface area contributed by atoms with Crippen LogP contribution in [0.4, 0.5) is 10.9 Å². The summed E-state index contributed by atoms with van der Waals surface area (Å²) in [6.45, 7) is 4.22. The van der Waals surface area contributed by atoms with Crippen LogP contribution in [0.1, 0.15) is 29.8 Å². The van der Waals surface area contributed by atoms with Crippen molar-refractivity contribution in [3.8, 4) is 0 Å². The Bertz CT molecular complexity index is 1180. The average molecular weight is 447 g/mol. The first kappa shape index (κ1) is 20.7. The second-order valence-corrected chi connectivity index (χ2v) is 11.0. The van der Waals surface area contributed by atoms with E-state index in [-0.39, 0.29) is 17.4 Å². The quantitative estimate of drug-likeness (QED) is 0.633. The summed E-state index contributed by atoms with van der Waals surface area (Å²) in [6.07, 6.45) is 0. The van der Waals surface area contributed by atoms with Crippen LogP contribution in [0.5, 0.6) is 0 Å². The molecular weight excluding hydrogens is 424 g/mol. The van der Waals surface area contributed by atoms with Gasteiger partial charge in [-0.25, -0.2) is 18.4 Å². The summed E-state index contributed by atoms with van der Waals surface area (Å²) in [5, 5.41) is 13.3. The normalized spacial score (nSPS) is 16.6. The number of nitrogens with zero attached hydrogens (tertiary/aromatic N) is 3. The lowest BCUT2D eigenvalue weighted by atomic mass is 9.97. The number of fused-ring (bicyclic) bond motifs is 1. The fourth-order valence-electron chi connectivity index (χ4n) is 3.18. The second kappa shape index (κ2) is 7.60. The molecule has 10 heteroatoms. The van der Waals surface area contributed by atoms with E-state index >= 15 is 0 Å². The van der Waals surface area contributed by atoms with E-state index in [1.165, 1.54) is 11.3 Å². The van der Waals surface area contributed by atoms with Gasteiger partial charge in [0.2, 0.25) is 0 Å². The molecule has 0 aliphatic carbocycles. The topological polar surface area (TPSA) is 112 Å². The zero-order valence-electron chi connectivity index (χ0n) is 16.6. The molecule has 0 radical (unpaired) electrons. The summed E-state index contributed by atoms with van der Waals surface area (Å²) >= 11 is 1.27. The summed E-state index contributed by atoms with van der Waals surface area (Å²) in [5.74, 6) is 0.672. The molecular formula is C20H22N4O4S2. The minimum absolute atomic E-state index is 0.128. The molecule has 1 fully saturated rings. The Labute approximate surface area is 178 Å². The average Bonchev–Trinajstić information content (AvgIpc) is 3.08. The fourth-order valence-corrected chi connectivity index (χ4v) is 5.21. The van der Waals surface area contributed by atoms with E-state index in [0.29, 0.717) is 39.9 Å². The first-order chi connectivity index (χ1) is 14.1. The van der Waals surface area contributed by atoms with Gasteiger partial charge in [-0.2, -0.15) is 0 Å². The van der Waals surface area contributed by atoms with E-state index in [1.54, 1.807) is 38.1 Å². The largest absolute Gasteiger partial charge is 0.386 e. The highest BCUT2D eigenvalue weighted by Gasteiger charge is 2.23. The molecule has 1 aliphatic rings. The number of amides is 1. The molecule has 1 aliphatic heterocycles. The van der Waals surface area contributed by atoms with Crippen molar-refractivity contribution in [1.29, 1.82) is 0 Å². The van der Waals surface area contributed by atoms with Crippen LogP contribution in [0.25, 0.3) is 10.3 Å². The van der Waals surface area contributed by atoms with E-state index < -0.39 is 15.4 Å². The molecule has 2 N–H and O–H groups in total. The van der Waals surface area contributed by atoms with Crippen LogP contribution in [0.15, 0.2) is 36.4 Å². The van der Waals surface area contributed by atoms with E-state index in [2.05, 4.69) is 15.3 Å². The molecule has 2 aromatic heterocycles. The van der Waals surface area contributed by atoms with Gasteiger partial charge in [-0.15, -0.1) is 0 Å². The van der Waals surface area contributed by atoms with Crippen LogP contribution in [-0.4, -0.2) is 54.0 Å². The van der Waals surface area contributed by atoms with Crippen LogP contribution in [0, 0.1) is 0 Å². The number of carbonyl (C=O) groups is 1. The Balaban J connectivity index is 1.49. The molecule has 30 heavy (non-hydrogen) atoms. The molecule has 1 saturated heterocycles. The first-order valence-electron chi connectivity index (χ1n) is 9.48. The minimum atomic E-state index is -2.95. The molecule has 8 nitrogen and oxygen atoms in total. The van der Waals surface area contributed by atoms with Gasteiger partial charge >= 0.3 is 0 Å². The lowest BCUT2D eigenvalue weighted by molar-refractivity contribution is 0.0785. The van der Waals surface area contributed by atoms with Crippen LogP contribution in [-0.2, 0) is 15.4 Å². The molecule has 0 unspecified atom stereocenters. The third kappa shape index (κ3) is 4.45. The number of aliphatic hydroxyl groups is 1. The molecule has 0 saturated carbocycles. The number of hydrogen-bond donors (Lipinski definition) is 2. The van der Waals surface area contributed by atoms with Crippen LogP contribution in [0.2, 0.25) is 0 Å². The van der Waals surface area contributed by atoms with Gasteiger partial charge in [-0.1, -0.05) is 23.5 Å².